The van der Waals surface area contributed by atoms with Crippen LogP contribution < -0.4 is 9.62 Å². The zero-order valence-corrected chi connectivity index (χ0v) is 23.4. The second kappa shape index (κ2) is 13.3. The number of hydrogen-bond acceptors (Lipinski definition) is 4. The van der Waals surface area contributed by atoms with Crippen LogP contribution >= 0.6 is 0 Å². The molecular formula is C29H35FN4O4S. The first-order chi connectivity index (χ1) is 18.5. The lowest BCUT2D eigenvalue weighted by Gasteiger charge is -2.34. The first kappa shape index (κ1) is 29.8. The predicted molar refractivity (Wildman–Crippen MR) is 151 cm³/mol. The number of carbonyl (C=O) groups excluding carboxylic acids is 2. The van der Waals surface area contributed by atoms with E-state index in [1.165, 1.54) is 31.1 Å². The monoisotopic (exact) mass is 554 g/mol. The predicted octanol–water partition coefficient (Wildman–Crippen LogP) is 3.60. The molecule has 3 aromatic rings. The maximum absolute atomic E-state index is 14.0. The van der Waals surface area contributed by atoms with Crippen LogP contribution in [-0.2, 0) is 32.8 Å². The van der Waals surface area contributed by atoms with E-state index in [9.17, 15) is 22.4 Å². The van der Waals surface area contributed by atoms with Gasteiger partial charge in [0.15, 0.2) is 0 Å². The van der Waals surface area contributed by atoms with Gasteiger partial charge in [-0.3, -0.25) is 9.59 Å². The van der Waals surface area contributed by atoms with Crippen LogP contribution in [-0.4, -0.2) is 62.2 Å². The zero-order valence-electron chi connectivity index (χ0n) is 22.6. The molecule has 0 saturated carbocycles. The topological polar surface area (TPSA) is 90.0 Å². The number of amides is 2. The van der Waals surface area contributed by atoms with Gasteiger partial charge in [-0.2, -0.15) is 12.7 Å². The van der Waals surface area contributed by atoms with E-state index in [0.717, 1.165) is 31.9 Å². The van der Waals surface area contributed by atoms with Crippen LogP contribution in [0.1, 0.15) is 25.0 Å². The molecule has 0 aromatic heterocycles. The minimum Gasteiger partial charge on any atom is -0.352 e. The molecule has 0 fully saturated rings. The quantitative estimate of drug-likeness (QED) is 0.371. The van der Waals surface area contributed by atoms with E-state index in [1.807, 2.05) is 74.5 Å². The molecule has 0 saturated heterocycles. The Morgan fingerprint density at radius 1 is 0.846 bits per heavy atom. The fourth-order valence-corrected chi connectivity index (χ4v) is 5.09. The Hall–Kier alpha value is -3.76. The van der Waals surface area contributed by atoms with Crippen molar-refractivity contribution < 1.29 is 22.4 Å². The van der Waals surface area contributed by atoms with Crippen molar-refractivity contribution in [1.82, 2.24) is 14.5 Å². The van der Waals surface area contributed by atoms with E-state index in [0.29, 0.717) is 0 Å². The lowest BCUT2D eigenvalue weighted by atomic mass is 10.0. The van der Waals surface area contributed by atoms with E-state index < -0.39 is 34.5 Å². The lowest BCUT2D eigenvalue weighted by molar-refractivity contribution is -0.140. The van der Waals surface area contributed by atoms with Gasteiger partial charge in [0, 0.05) is 33.1 Å². The molecule has 2 amide bonds. The van der Waals surface area contributed by atoms with E-state index in [2.05, 4.69) is 5.32 Å². The van der Waals surface area contributed by atoms with Crippen molar-refractivity contribution in [1.29, 1.82) is 0 Å². The molecule has 3 rings (SSSR count). The lowest BCUT2D eigenvalue weighted by Crippen LogP contribution is -2.55. The van der Waals surface area contributed by atoms with Crippen LogP contribution in [0.25, 0.3) is 0 Å². The van der Waals surface area contributed by atoms with Crippen molar-refractivity contribution in [3.05, 3.63) is 102 Å². The second-order valence-electron chi connectivity index (χ2n) is 9.65. The number of hydrogen-bond donors (Lipinski definition) is 1. The molecule has 1 unspecified atom stereocenters. The minimum atomic E-state index is -4.13. The van der Waals surface area contributed by atoms with Gasteiger partial charge < -0.3 is 10.2 Å². The summed E-state index contributed by atoms with van der Waals surface area (Å²) in [5.74, 6) is -1.46. The van der Waals surface area contributed by atoms with Gasteiger partial charge in [0.05, 0.1) is 5.69 Å². The Morgan fingerprint density at radius 2 is 1.38 bits per heavy atom. The van der Waals surface area contributed by atoms with E-state index in [1.54, 1.807) is 0 Å². The summed E-state index contributed by atoms with van der Waals surface area (Å²) in [5, 5.41) is 2.91. The molecule has 3 aromatic carbocycles. The molecule has 0 aliphatic heterocycles. The molecule has 8 nitrogen and oxygen atoms in total. The molecule has 10 heteroatoms. The van der Waals surface area contributed by atoms with Crippen molar-refractivity contribution in [3.8, 4) is 0 Å². The molecule has 0 heterocycles. The van der Waals surface area contributed by atoms with Crippen molar-refractivity contribution >= 4 is 27.7 Å². The highest BCUT2D eigenvalue weighted by Gasteiger charge is 2.34. The summed E-state index contributed by atoms with van der Waals surface area (Å²) < 4.78 is 42.1. The van der Waals surface area contributed by atoms with Gasteiger partial charge in [0.2, 0.25) is 11.8 Å². The molecule has 0 radical (unpaired) electrons. The standard InChI is InChI=1S/C29H35FN4O4S/c1-22(2)31-29(36)27(19-23-11-7-5-8-12-23)33(20-24-13-9-6-10-14-24)28(35)21-34(39(37,38)32(3)4)26-17-15-25(30)16-18-26/h5-18,22,27H,19-21H2,1-4H3,(H,31,36). The number of anilines is 1. The van der Waals surface area contributed by atoms with Crippen LogP contribution in [0.15, 0.2) is 84.9 Å². The third-order valence-corrected chi connectivity index (χ3v) is 7.85. The number of benzene rings is 3. The number of nitrogens with zero attached hydrogens (tertiary/aromatic N) is 3. The van der Waals surface area contributed by atoms with Gasteiger partial charge >= 0.3 is 10.2 Å². The van der Waals surface area contributed by atoms with Gasteiger partial charge in [-0.15, -0.1) is 0 Å². The SMILES string of the molecule is CC(C)NC(=O)C(Cc1ccccc1)N(Cc1ccccc1)C(=O)CN(c1ccc(F)cc1)S(=O)(=O)N(C)C. The summed E-state index contributed by atoms with van der Waals surface area (Å²) in [7, 11) is -1.43. The average molecular weight is 555 g/mol. The molecule has 208 valence electrons. The molecule has 0 bridgehead atoms. The summed E-state index contributed by atoms with van der Waals surface area (Å²) in [6.07, 6.45) is 0.231. The summed E-state index contributed by atoms with van der Waals surface area (Å²) in [5.41, 5.74) is 1.76. The van der Waals surface area contributed by atoms with Gasteiger partial charge in [0.1, 0.15) is 18.4 Å². The highest BCUT2D eigenvalue weighted by molar-refractivity contribution is 7.90. The van der Waals surface area contributed by atoms with Crippen LogP contribution in [0.4, 0.5) is 10.1 Å². The maximum atomic E-state index is 14.0. The molecule has 0 aliphatic carbocycles. The van der Waals surface area contributed by atoms with Gasteiger partial charge in [-0.05, 0) is 49.2 Å². The highest BCUT2D eigenvalue weighted by Crippen LogP contribution is 2.22. The van der Waals surface area contributed by atoms with Crippen molar-refractivity contribution in [2.45, 2.75) is 38.9 Å². The Kier molecular flexibility index (Phi) is 10.2. The molecule has 1 atom stereocenters. The fraction of sp³-hybridized carbons (Fsp3) is 0.310. The zero-order chi connectivity index (χ0) is 28.6. The van der Waals surface area contributed by atoms with Crippen molar-refractivity contribution in [2.75, 3.05) is 24.9 Å². The molecule has 0 aliphatic rings. The summed E-state index contributed by atoms with van der Waals surface area (Å²) >= 11 is 0. The first-order valence-corrected chi connectivity index (χ1v) is 14.0. The van der Waals surface area contributed by atoms with Crippen molar-refractivity contribution in [2.24, 2.45) is 0 Å². The normalized spacial score (nSPS) is 12.3. The first-order valence-electron chi connectivity index (χ1n) is 12.6. The van der Waals surface area contributed by atoms with E-state index in [-0.39, 0.29) is 30.6 Å². The number of nitrogens with one attached hydrogen (secondary N) is 1. The summed E-state index contributed by atoms with van der Waals surface area (Å²) in [6.45, 7) is 3.17. The highest BCUT2D eigenvalue weighted by atomic mass is 32.2. The third kappa shape index (κ3) is 8.11. The van der Waals surface area contributed by atoms with Crippen LogP contribution in [0.3, 0.4) is 0 Å². The Morgan fingerprint density at radius 3 is 1.90 bits per heavy atom. The van der Waals surface area contributed by atoms with Crippen molar-refractivity contribution in [3.63, 3.8) is 0 Å². The third-order valence-electron chi connectivity index (χ3n) is 6.03. The Labute approximate surface area is 230 Å². The molecule has 1 N–H and O–H groups in total. The van der Waals surface area contributed by atoms with E-state index in [4.69, 9.17) is 0 Å². The Balaban J connectivity index is 2.06. The smallest absolute Gasteiger partial charge is 0.304 e. The Bertz CT molecular complexity index is 1330. The maximum Gasteiger partial charge on any atom is 0.304 e. The van der Waals surface area contributed by atoms with Gasteiger partial charge in [-0.25, -0.2) is 8.70 Å². The van der Waals surface area contributed by atoms with E-state index >= 15 is 0 Å². The minimum absolute atomic E-state index is 0.0853. The van der Waals surface area contributed by atoms with Gasteiger partial charge in [-0.1, -0.05) is 60.7 Å². The molecular weight excluding hydrogens is 519 g/mol. The largest absolute Gasteiger partial charge is 0.352 e. The number of carbonyl (C=O) groups is 2. The van der Waals surface area contributed by atoms with Crippen LogP contribution in [0, 0.1) is 5.82 Å². The molecule has 0 spiro atoms. The van der Waals surface area contributed by atoms with Gasteiger partial charge in [0.25, 0.3) is 0 Å². The second-order valence-corrected chi connectivity index (χ2v) is 11.7. The summed E-state index contributed by atoms with van der Waals surface area (Å²) in [6, 6.07) is 22.3. The number of rotatable bonds is 12. The average Bonchev–Trinajstić information content (AvgIpc) is 2.90. The fourth-order valence-electron chi connectivity index (χ4n) is 4.04. The van der Waals surface area contributed by atoms with Crippen LogP contribution in [0.2, 0.25) is 0 Å². The molecule has 39 heavy (non-hydrogen) atoms. The van der Waals surface area contributed by atoms with Crippen LogP contribution in [0.5, 0.6) is 0 Å². The summed E-state index contributed by atoms with van der Waals surface area (Å²) in [4.78, 5) is 29.0. The number of halogens is 1.